The zero-order valence-electron chi connectivity index (χ0n) is 9.48. The Kier molecular flexibility index (Phi) is 3.48. The summed E-state index contributed by atoms with van der Waals surface area (Å²) in [5.41, 5.74) is 0. The van der Waals surface area contributed by atoms with Crippen LogP contribution in [0.4, 0.5) is 13.2 Å². The quantitative estimate of drug-likeness (QED) is 0.901. The minimum Gasteiger partial charge on any atom is -0.477 e. The molecule has 0 spiro atoms. The van der Waals surface area contributed by atoms with Crippen LogP contribution in [0.3, 0.4) is 0 Å². The number of amides is 1. The zero-order valence-corrected chi connectivity index (χ0v) is 10.3. The number of carbonyl (C=O) groups excluding carboxylic acids is 1. The molecule has 1 aliphatic rings. The Balaban J connectivity index is 2.05. The van der Waals surface area contributed by atoms with Crippen molar-refractivity contribution in [3.05, 3.63) is 16.1 Å². The summed E-state index contributed by atoms with van der Waals surface area (Å²) in [6.45, 7) is -0.0735. The Hall–Kier alpha value is -1.64. The SMILES string of the molecule is O=C(O)c1cnc(C2CCN(C(=O)C(F)(F)F)C2)s1. The van der Waals surface area contributed by atoms with Gasteiger partial charge in [-0.05, 0) is 6.42 Å². The average Bonchev–Trinajstić information content (AvgIpc) is 2.95. The van der Waals surface area contributed by atoms with Crippen molar-refractivity contribution in [3.63, 3.8) is 0 Å². The maximum absolute atomic E-state index is 12.3. The minimum absolute atomic E-state index is 0.00496. The second-order valence-corrected chi connectivity index (χ2v) is 5.16. The Bertz CT molecular complexity index is 514. The summed E-state index contributed by atoms with van der Waals surface area (Å²) in [6.07, 6.45) is -3.34. The Morgan fingerprint density at radius 2 is 2.16 bits per heavy atom. The van der Waals surface area contributed by atoms with Crippen molar-refractivity contribution >= 4 is 23.2 Å². The lowest BCUT2D eigenvalue weighted by Crippen LogP contribution is -2.39. The fourth-order valence-corrected chi connectivity index (χ4v) is 2.78. The molecule has 1 saturated heterocycles. The molecule has 0 bridgehead atoms. The number of hydrogen-bond donors (Lipinski definition) is 1. The van der Waals surface area contributed by atoms with Crippen LogP contribution in [0.5, 0.6) is 0 Å². The van der Waals surface area contributed by atoms with Gasteiger partial charge in [0.2, 0.25) is 0 Å². The number of hydrogen-bond acceptors (Lipinski definition) is 4. The van der Waals surface area contributed by atoms with Crippen molar-refractivity contribution in [2.75, 3.05) is 13.1 Å². The molecule has 0 aliphatic carbocycles. The highest BCUT2D eigenvalue weighted by atomic mass is 32.1. The molecule has 9 heteroatoms. The third kappa shape index (κ3) is 2.86. The van der Waals surface area contributed by atoms with Crippen LogP contribution in [0.25, 0.3) is 0 Å². The van der Waals surface area contributed by atoms with Gasteiger partial charge in [0, 0.05) is 19.0 Å². The zero-order chi connectivity index (χ0) is 14.2. The van der Waals surface area contributed by atoms with Gasteiger partial charge in [-0.25, -0.2) is 9.78 Å². The van der Waals surface area contributed by atoms with Crippen LogP contribution in [-0.4, -0.2) is 46.1 Å². The van der Waals surface area contributed by atoms with E-state index in [1.807, 2.05) is 0 Å². The standard InChI is InChI=1S/C10H9F3N2O3S/c11-10(12,13)9(18)15-2-1-5(4-15)7-14-3-6(19-7)8(16)17/h3,5H,1-2,4H2,(H,16,17). The summed E-state index contributed by atoms with van der Waals surface area (Å²) in [7, 11) is 0. The molecule has 0 radical (unpaired) electrons. The number of likely N-dealkylation sites (tertiary alicyclic amines) is 1. The number of rotatable bonds is 2. The minimum atomic E-state index is -4.87. The molecule has 1 atom stereocenters. The molecule has 0 saturated carbocycles. The van der Waals surface area contributed by atoms with E-state index in [-0.39, 0.29) is 23.9 Å². The molecule has 5 nitrogen and oxygen atoms in total. The van der Waals surface area contributed by atoms with E-state index in [4.69, 9.17) is 5.11 Å². The van der Waals surface area contributed by atoms with Crippen LogP contribution < -0.4 is 0 Å². The first-order chi connectivity index (χ1) is 8.79. The molecule has 104 valence electrons. The summed E-state index contributed by atoms with van der Waals surface area (Å²) in [4.78, 5) is 26.4. The van der Waals surface area contributed by atoms with Crippen LogP contribution in [-0.2, 0) is 4.79 Å². The monoisotopic (exact) mass is 294 g/mol. The van der Waals surface area contributed by atoms with Crippen molar-refractivity contribution in [3.8, 4) is 0 Å². The highest BCUT2D eigenvalue weighted by Gasteiger charge is 2.45. The predicted molar refractivity (Wildman–Crippen MR) is 59.1 cm³/mol. The van der Waals surface area contributed by atoms with E-state index >= 15 is 0 Å². The van der Waals surface area contributed by atoms with Gasteiger partial charge in [-0.1, -0.05) is 0 Å². The molecule has 1 amide bonds. The molecule has 1 aliphatic heterocycles. The molecular weight excluding hydrogens is 285 g/mol. The van der Waals surface area contributed by atoms with Crippen LogP contribution in [0.2, 0.25) is 0 Å². The summed E-state index contributed by atoms with van der Waals surface area (Å²) >= 11 is 0.930. The molecule has 1 N–H and O–H groups in total. The van der Waals surface area contributed by atoms with E-state index in [1.54, 1.807) is 0 Å². The molecule has 19 heavy (non-hydrogen) atoms. The van der Waals surface area contributed by atoms with E-state index in [2.05, 4.69) is 4.98 Å². The Labute approximate surface area is 109 Å². The topological polar surface area (TPSA) is 70.5 Å². The van der Waals surface area contributed by atoms with Gasteiger partial charge in [0.15, 0.2) is 0 Å². The Morgan fingerprint density at radius 3 is 2.68 bits per heavy atom. The van der Waals surface area contributed by atoms with Crippen molar-refractivity contribution in [2.24, 2.45) is 0 Å². The van der Waals surface area contributed by atoms with Crippen LogP contribution in [0, 0.1) is 0 Å². The van der Waals surface area contributed by atoms with Gasteiger partial charge in [-0.3, -0.25) is 4.79 Å². The van der Waals surface area contributed by atoms with Crippen LogP contribution in [0.1, 0.15) is 27.0 Å². The number of carboxylic acids is 1. The number of halogens is 3. The van der Waals surface area contributed by atoms with Crippen LogP contribution in [0.15, 0.2) is 6.20 Å². The van der Waals surface area contributed by atoms with E-state index in [0.29, 0.717) is 11.4 Å². The summed E-state index contributed by atoms with van der Waals surface area (Å²) in [5.74, 6) is -3.31. The van der Waals surface area contributed by atoms with Gasteiger partial charge >= 0.3 is 18.1 Å². The highest BCUT2D eigenvalue weighted by Crippen LogP contribution is 2.32. The molecule has 0 aromatic carbocycles. The number of aromatic carboxylic acids is 1. The van der Waals surface area contributed by atoms with E-state index in [1.165, 1.54) is 6.20 Å². The van der Waals surface area contributed by atoms with Crippen molar-refractivity contribution in [1.29, 1.82) is 0 Å². The van der Waals surface area contributed by atoms with Gasteiger partial charge in [0.1, 0.15) is 4.88 Å². The number of nitrogens with zero attached hydrogens (tertiary/aromatic N) is 2. The third-order valence-electron chi connectivity index (χ3n) is 2.80. The largest absolute Gasteiger partial charge is 0.477 e. The van der Waals surface area contributed by atoms with Crippen molar-refractivity contribution in [1.82, 2.24) is 9.88 Å². The maximum atomic E-state index is 12.3. The Morgan fingerprint density at radius 1 is 1.47 bits per heavy atom. The van der Waals surface area contributed by atoms with Gasteiger partial charge in [-0.2, -0.15) is 13.2 Å². The number of alkyl halides is 3. The second kappa shape index (κ2) is 4.80. The van der Waals surface area contributed by atoms with Gasteiger partial charge < -0.3 is 10.0 Å². The lowest BCUT2D eigenvalue weighted by molar-refractivity contribution is -0.184. The summed E-state index contributed by atoms with van der Waals surface area (Å²) in [6, 6.07) is 0. The van der Waals surface area contributed by atoms with E-state index in [9.17, 15) is 22.8 Å². The summed E-state index contributed by atoms with van der Waals surface area (Å²) < 4.78 is 36.8. The fraction of sp³-hybridized carbons (Fsp3) is 0.500. The first-order valence-corrected chi connectivity index (χ1v) is 6.16. The summed E-state index contributed by atoms with van der Waals surface area (Å²) in [5, 5.41) is 9.20. The number of carboxylic acid groups (broad SMARTS) is 1. The lowest BCUT2D eigenvalue weighted by Gasteiger charge is -2.17. The maximum Gasteiger partial charge on any atom is 0.471 e. The third-order valence-corrected chi connectivity index (χ3v) is 3.95. The fourth-order valence-electron chi connectivity index (χ4n) is 1.90. The van der Waals surface area contributed by atoms with Gasteiger partial charge in [0.25, 0.3) is 0 Å². The first-order valence-electron chi connectivity index (χ1n) is 5.34. The van der Waals surface area contributed by atoms with Crippen molar-refractivity contribution < 1.29 is 27.9 Å². The molecule has 1 aromatic heterocycles. The molecular formula is C10H9F3N2O3S. The lowest BCUT2D eigenvalue weighted by atomic mass is 10.1. The highest BCUT2D eigenvalue weighted by molar-refractivity contribution is 7.13. The molecule has 2 heterocycles. The number of thiazole rings is 1. The second-order valence-electron chi connectivity index (χ2n) is 4.10. The smallest absolute Gasteiger partial charge is 0.471 e. The predicted octanol–water partition coefficient (Wildman–Crippen LogP) is 1.72. The van der Waals surface area contributed by atoms with Crippen LogP contribution >= 0.6 is 11.3 Å². The first kappa shape index (κ1) is 13.8. The van der Waals surface area contributed by atoms with E-state index in [0.717, 1.165) is 16.2 Å². The molecule has 1 aromatic rings. The normalized spacial score (nSPS) is 19.7. The van der Waals surface area contributed by atoms with Crippen molar-refractivity contribution in [2.45, 2.75) is 18.5 Å². The van der Waals surface area contributed by atoms with Gasteiger partial charge in [-0.15, -0.1) is 11.3 Å². The molecule has 1 fully saturated rings. The van der Waals surface area contributed by atoms with E-state index < -0.39 is 18.1 Å². The van der Waals surface area contributed by atoms with Gasteiger partial charge in [0.05, 0.1) is 11.2 Å². The number of carbonyl (C=O) groups is 2. The molecule has 1 unspecified atom stereocenters. The number of aromatic nitrogens is 1. The average molecular weight is 294 g/mol. The molecule has 2 rings (SSSR count).